The Balaban J connectivity index is 2.25. The first-order valence-electron chi connectivity index (χ1n) is 5.54. The first-order chi connectivity index (χ1) is 9.11. The van der Waals surface area contributed by atoms with Crippen LogP contribution in [0, 0.1) is 24.1 Å². The number of anilines is 1. The molecule has 0 aliphatic heterocycles. The number of carbonyl (C=O) groups excluding carboxylic acids is 1. The molecule has 0 bridgehead atoms. The van der Waals surface area contributed by atoms with Crippen molar-refractivity contribution in [2.75, 3.05) is 5.32 Å². The van der Waals surface area contributed by atoms with Crippen molar-refractivity contribution in [2.45, 2.75) is 6.92 Å². The third-order valence-electron chi connectivity index (χ3n) is 2.60. The van der Waals surface area contributed by atoms with E-state index in [0.717, 1.165) is 6.07 Å². The lowest BCUT2D eigenvalue weighted by molar-refractivity contribution is 0.102. The molecule has 1 aromatic heterocycles. The predicted molar refractivity (Wildman–Crippen MR) is 68.0 cm³/mol. The molecule has 1 heterocycles. The van der Waals surface area contributed by atoms with Crippen molar-refractivity contribution in [3.05, 3.63) is 59.2 Å². The van der Waals surface area contributed by atoms with E-state index in [1.54, 1.807) is 31.3 Å². The zero-order valence-electron chi connectivity index (χ0n) is 10.1. The molecule has 1 N–H and O–H groups in total. The minimum Gasteiger partial charge on any atom is -0.322 e. The highest BCUT2D eigenvalue weighted by molar-refractivity contribution is 6.05. The van der Waals surface area contributed by atoms with Crippen LogP contribution in [0.2, 0.25) is 0 Å². The summed E-state index contributed by atoms with van der Waals surface area (Å²) in [6.45, 7) is 1.72. The van der Waals surface area contributed by atoms with Crippen LogP contribution in [0.3, 0.4) is 0 Å². The van der Waals surface area contributed by atoms with E-state index >= 15 is 0 Å². The molecule has 4 nitrogen and oxygen atoms in total. The van der Waals surface area contributed by atoms with Crippen LogP contribution in [-0.4, -0.2) is 10.9 Å². The number of halogens is 1. The number of nitrogens with zero attached hydrogens (tertiary/aromatic N) is 2. The number of aromatic nitrogens is 1. The number of pyridine rings is 1. The molecule has 5 heteroatoms. The van der Waals surface area contributed by atoms with Crippen molar-refractivity contribution in [3.8, 4) is 6.07 Å². The van der Waals surface area contributed by atoms with Gasteiger partial charge < -0.3 is 5.32 Å². The molecule has 0 unspecified atom stereocenters. The second-order valence-corrected chi connectivity index (χ2v) is 3.90. The number of benzene rings is 1. The lowest BCUT2D eigenvalue weighted by Gasteiger charge is -2.07. The van der Waals surface area contributed by atoms with Gasteiger partial charge >= 0.3 is 0 Å². The number of aryl methyl sites for hydroxylation is 1. The SMILES string of the molecule is Cc1ncccc1C(=O)Nc1ccc(F)c(C#N)c1. The van der Waals surface area contributed by atoms with E-state index in [2.05, 4.69) is 10.3 Å². The second kappa shape index (κ2) is 5.27. The van der Waals surface area contributed by atoms with E-state index in [1.165, 1.54) is 12.1 Å². The highest BCUT2D eigenvalue weighted by Crippen LogP contribution is 2.15. The summed E-state index contributed by atoms with van der Waals surface area (Å²) in [5.74, 6) is -0.959. The summed E-state index contributed by atoms with van der Waals surface area (Å²) in [5, 5.41) is 11.3. The summed E-state index contributed by atoms with van der Waals surface area (Å²) in [7, 11) is 0. The quantitative estimate of drug-likeness (QED) is 0.897. The predicted octanol–water partition coefficient (Wildman–Crippen LogP) is 2.65. The molecule has 2 aromatic rings. The molecule has 0 aliphatic carbocycles. The van der Waals surface area contributed by atoms with Gasteiger partial charge in [0, 0.05) is 17.6 Å². The Morgan fingerprint density at radius 1 is 1.42 bits per heavy atom. The van der Waals surface area contributed by atoms with Crippen LogP contribution >= 0.6 is 0 Å². The zero-order valence-corrected chi connectivity index (χ0v) is 10.1. The van der Waals surface area contributed by atoms with Gasteiger partial charge in [-0.15, -0.1) is 0 Å². The van der Waals surface area contributed by atoms with Gasteiger partial charge in [0.25, 0.3) is 5.91 Å². The first kappa shape index (κ1) is 12.7. The Hall–Kier alpha value is -2.74. The molecule has 94 valence electrons. The van der Waals surface area contributed by atoms with Gasteiger partial charge in [-0.1, -0.05) is 0 Å². The smallest absolute Gasteiger partial charge is 0.257 e. The Morgan fingerprint density at radius 3 is 2.89 bits per heavy atom. The molecule has 0 spiro atoms. The molecule has 2 rings (SSSR count). The van der Waals surface area contributed by atoms with Crippen LogP contribution in [-0.2, 0) is 0 Å². The third kappa shape index (κ3) is 2.75. The van der Waals surface area contributed by atoms with Crippen LogP contribution in [0.5, 0.6) is 0 Å². The summed E-state index contributed by atoms with van der Waals surface area (Å²) in [6, 6.07) is 8.86. The van der Waals surface area contributed by atoms with Gasteiger partial charge in [-0.3, -0.25) is 9.78 Å². The van der Waals surface area contributed by atoms with Crippen LogP contribution in [0.1, 0.15) is 21.6 Å². The lowest BCUT2D eigenvalue weighted by Crippen LogP contribution is -2.14. The van der Waals surface area contributed by atoms with E-state index in [1.807, 2.05) is 0 Å². The Bertz CT molecular complexity index is 677. The fraction of sp³-hybridized carbons (Fsp3) is 0.0714. The first-order valence-corrected chi connectivity index (χ1v) is 5.54. The molecule has 1 amide bonds. The van der Waals surface area contributed by atoms with Crippen molar-refractivity contribution in [2.24, 2.45) is 0 Å². The van der Waals surface area contributed by atoms with Gasteiger partial charge in [0.15, 0.2) is 0 Å². The summed E-state index contributed by atoms with van der Waals surface area (Å²) in [5.41, 5.74) is 1.29. The summed E-state index contributed by atoms with van der Waals surface area (Å²) in [4.78, 5) is 16.0. The van der Waals surface area contributed by atoms with Gasteiger partial charge in [-0.25, -0.2) is 4.39 Å². The highest BCUT2D eigenvalue weighted by atomic mass is 19.1. The monoisotopic (exact) mass is 255 g/mol. The van der Waals surface area contributed by atoms with Gasteiger partial charge in [-0.2, -0.15) is 5.26 Å². The number of nitriles is 1. The van der Waals surface area contributed by atoms with Crippen molar-refractivity contribution in [3.63, 3.8) is 0 Å². The number of nitrogens with one attached hydrogen (secondary N) is 1. The van der Waals surface area contributed by atoms with Gasteiger partial charge in [-0.05, 0) is 37.3 Å². The van der Waals surface area contributed by atoms with Crippen molar-refractivity contribution >= 4 is 11.6 Å². The number of amides is 1. The van der Waals surface area contributed by atoms with E-state index in [9.17, 15) is 9.18 Å². The third-order valence-corrected chi connectivity index (χ3v) is 2.60. The van der Waals surface area contributed by atoms with Crippen LogP contribution in [0.25, 0.3) is 0 Å². The molecular weight excluding hydrogens is 245 g/mol. The maximum absolute atomic E-state index is 13.1. The Labute approximate surface area is 109 Å². The van der Waals surface area contributed by atoms with Crippen molar-refractivity contribution in [1.29, 1.82) is 5.26 Å². The molecule has 19 heavy (non-hydrogen) atoms. The van der Waals surface area contributed by atoms with Crippen molar-refractivity contribution in [1.82, 2.24) is 4.98 Å². The number of hydrogen-bond acceptors (Lipinski definition) is 3. The van der Waals surface area contributed by atoms with Gasteiger partial charge in [0.1, 0.15) is 11.9 Å². The summed E-state index contributed by atoms with van der Waals surface area (Å²) in [6.07, 6.45) is 1.60. The zero-order chi connectivity index (χ0) is 13.8. The minimum atomic E-state index is -0.613. The van der Waals surface area contributed by atoms with E-state index in [-0.39, 0.29) is 11.5 Å². The normalized spacial score (nSPS) is 9.74. The molecule has 0 radical (unpaired) electrons. The summed E-state index contributed by atoms with van der Waals surface area (Å²) < 4.78 is 13.1. The van der Waals surface area contributed by atoms with Crippen LogP contribution in [0.4, 0.5) is 10.1 Å². The molecule has 0 atom stereocenters. The molecule has 0 aliphatic rings. The maximum Gasteiger partial charge on any atom is 0.257 e. The second-order valence-electron chi connectivity index (χ2n) is 3.90. The molecule has 0 saturated heterocycles. The summed E-state index contributed by atoms with van der Waals surface area (Å²) >= 11 is 0. The van der Waals surface area contributed by atoms with E-state index in [0.29, 0.717) is 16.9 Å². The average molecular weight is 255 g/mol. The topological polar surface area (TPSA) is 65.8 Å². The largest absolute Gasteiger partial charge is 0.322 e. The number of hydrogen-bond donors (Lipinski definition) is 1. The van der Waals surface area contributed by atoms with Crippen molar-refractivity contribution < 1.29 is 9.18 Å². The molecule has 0 fully saturated rings. The molecule has 1 aromatic carbocycles. The van der Waals surface area contributed by atoms with E-state index in [4.69, 9.17) is 5.26 Å². The fourth-order valence-corrected chi connectivity index (χ4v) is 1.61. The van der Waals surface area contributed by atoms with Gasteiger partial charge in [0.05, 0.1) is 11.1 Å². The standard InChI is InChI=1S/C14H10FN3O/c1-9-12(3-2-6-17-9)14(19)18-11-4-5-13(15)10(7-11)8-16/h2-7H,1H3,(H,18,19). The number of rotatable bonds is 2. The average Bonchev–Trinajstić information content (AvgIpc) is 2.41. The molecule has 0 saturated carbocycles. The number of carbonyl (C=O) groups is 1. The van der Waals surface area contributed by atoms with Gasteiger partial charge in [0.2, 0.25) is 0 Å². The minimum absolute atomic E-state index is 0.110. The molecular formula is C14H10FN3O. The lowest BCUT2D eigenvalue weighted by atomic mass is 10.1. The Morgan fingerprint density at radius 2 is 2.21 bits per heavy atom. The maximum atomic E-state index is 13.1. The van der Waals surface area contributed by atoms with Crippen LogP contribution < -0.4 is 5.32 Å². The highest BCUT2D eigenvalue weighted by Gasteiger charge is 2.10. The van der Waals surface area contributed by atoms with Crippen LogP contribution in [0.15, 0.2) is 36.5 Å². The Kier molecular flexibility index (Phi) is 3.53. The fourth-order valence-electron chi connectivity index (χ4n) is 1.61. The van der Waals surface area contributed by atoms with E-state index < -0.39 is 5.82 Å².